The Labute approximate surface area is 165 Å². The van der Waals surface area contributed by atoms with E-state index in [1.165, 1.54) is 22.4 Å². The summed E-state index contributed by atoms with van der Waals surface area (Å²) in [5.74, 6) is 1.71. The fourth-order valence-corrected chi connectivity index (χ4v) is 4.21. The summed E-state index contributed by atoms with van der Waals surface area (Å²) in [6.07, 6.45) is 5.39. The molecule has 0 radical (unpaired) electrons. The van der Waals surface area contributed by atoms with E-state index in [0.717, 1.165) is 48.6 Å². The monoisotopic (exact) mass is 375 g/mol. The summed E-state index contributed by atoms with van der Waals surface area (Å²) >= 11 is 0. The molecule has 5 rings (SSSR count). The molecule has 5 nitrogen and oxygen atoms in total. The van der Waals surface area contributed by atoms with Crippen LogP contribution in [0.3, 0.4) is 0 Å². The SMILES string of the molecule is Cc1ccc(-n2ncc3c2CCCC3NCc2cccc3c2OCO3)cc1C. The number of para-hydroxylation sites is 1. The van der Waals surface area contributed by atoms with Crippen molar-refractivity contribution >= 4 is 0 Å². The van der Waals surface area contributed by atoms with Gasteiger partial charge in [0.05, 0.1) is 11.9 Å². The van der Waals surface area contributed by atoms with Gasteiger partial charge < -0.3 is 14.8 Å². The van der Waals surface area contributed by atoms with Crippen LogP contribution in [0.5, 0.6) is 11.5 Å². The van der Waals surface area contributed by atoms with E-state index in [9.17, 15) is 0 Å². The quantitative estimate of drug-likeness (QED) is 0.735. The first-order chi connectivity index (χ1) is 13.7. The lowest BCUT2D eigenvalue weighted by atomic mass is 9.92. The summed E-state index contributed by atoms with van der Waals surface area (Å²) in [6.45, 7) is 5.37. The maximum Gasteiger partial charge on any atom is 0.231 e. The number of aromatic nitrogens is 2. The molecule has 144 valence electrons. The van der Waals surface area contributed by atoms with Gasteiger partial charge in [-0.15, -0.1) is 0 Å². The van der Waals surface area contributed by atoms with E-state index < -0.39 is 0 Å². The van der Waals surface area contributed by atoms with Crippen molar-refractivity contribution in [3.8, 4) is 17.2 Å². The van der Waals surface area contributed by atoms with Crippen LogP contribution in [-0.2, 0) is 13.0 Å². The van der Waals surface area contributed by atoms with E-state index >= 15 is 0 Å². The van der Waals surface area contributed by atoms with Gasteiger partial charge in [0.1, 0.15) is 0 Å². The predicted molar refractivity (Wildman–Crippen MR) is 108 cm³/mol. The van der Waals surface area contributed by atoms with Crippen LogP contribution in [0.4, 0.5) is 0 Å². The topological polar surface area (TPSA) is 48.3 Å². The first kappa shape index (κ1) is 17.3. The van der Waals surface area contributed by atoms with Gasteiger partial charge in [-0.3, -0.25) is 0 Å². The molecule has 1 N–H and O–H groups in total. The van der Waals surface area contributed by atoms with Crippen LogP contribution in [0.2, 0.25) is 0 Å². The van der Waals surface area contributed by atoms with E-state index in [-0.39, 0.29) is 0 Å². The maximum atomic E-state index is 5.64. The number of hydrogen-bond donors (Lipinski definition) is 1. The van der Waals surface area contributed by atoms with Crippen molar-refractivity contribution in [2.75, 3.05) is 6.79 Å². The Morgan fingerprint density at radius 2 is 2.07 bits per heavy atom. The third-order valence-corrected chi connectivity index (χ3v) is 5.94. The van der Waals surface area contributed by atoms with Gasteiger partial charge >= 0.3 is 0 Å². The summed E-state index contributed by atoms with van der Waals surface area (Å²) in [5.41, 5.74) is 7.54. The normalized spacial score (nSPS) is 17.6. The first-order valence-corrected chi connectivity index (χ1v) is 9.96. The van der Waals surface area contributed by atoms with E-state index in [1.54, 1.807) is 0 Å². The van der Waals surface area contributed by atoms with Crippen molar-refractivity contribution in [3.05, 3.63) is 70.5 Å². The van der Waals surface area contributed by atoms with Gasteiger partial charge in [-0.1, -0.05) is 18.2 Å². The Morgan fingerprint density at radius 3 is 2.96 bits per heavy atom. The van der Waals surface area contributed by atoms with Crippen molar-refractivity contribution < 1.29 is 9.47 Å². The molecule has 1 atom stereocenters. The van der Waals surface area contributed by atoms with Crippen molar-refractivity contribution in [2.45, 2.75) is 45.7 Å². The molecule has 2 heterocycles. The predicted octanol–water partition coefficient (Wildman–Crippen LogP) is 4.39. The molecule has 0 saturated carbocycles. The van der Waals surface area contributed by atoms with Crippen LogP contribution in [0.1, 0.15) is 46.8 Å². The molecule has 2 aliphatic rings. The molecular weight excluding hydrogens is 350 g/mol. The largest absolute Gasteiger partial charge is 0.454 e. The molecule has 0 saturated heterocycles. The Morgan fingerprint density at radius 1 is 1.14 bits per heavy atom. The van der Waals surface area contributed by atoms with E-state index in [1.807, 2.05) is 18.3 Å². The Bertz CT molecular complexity index is 1020. The number of rotatable bonds is 4. The number of fused-ring (bicyclic) bond motifs is 2. The van der Waals surface area contributed by atoms with Crippen LogP contribution < -0.4 is 14.8 Å². The third-order valence-electron chi connectivity index (χ3n) is 5.94. The summed E-state index contributed by atoms with van der Waals surface area (Å²) in [4.78, 5) is 0. The minimum absolute atomic E-state index is 0.308. The Kier molecular flexibility index (Phi) is 4.32. The molecule has 0 amide bonds. The van der Waals surface area contributed by atoms with Crippen molar-refractivity contribution in [1.82, 2.24) is 15.1 Å². The van der Waals surface area contributed by atoms with Gasteiger partial charge in [-0.25, -0.2) is 4.68 Å². The fraction of sp³-hybridized carbons (Fsp3) is 0.348. The highest BCUT2D eigenvalue weighted by atomic mass is 16.7. The van der Waals surface area contributed by atoms with Gasteiger partial charge in [-0.2, -0.15) is 5.10 Å². The second-order valence-electron chi connectivity index (χ2n) is 7.70. The molecule has 1 aliphatic carbocycles. The molecule has 1 unspecified atom stereocenters. The molecule has 28 heavy (non-hydrogen) atoms. The minimum atomic E-state index is 0.308. The Hall–Kier alpha value is -2.79. The van der Waals surface area contributed by atoms with Crippen LogP contribution in [-0.4, -0.2) is 16.6 Å². The lowest BCUT2D eigenvalue weighted by Gasteiger charge is -2.24. The highest BCUT2D eigenvalue weighted by Crippen LogP contribution is 2.36. The second kappa shape index (κ2) is 6.99. The van der Waals surface area contributed by atoms with Crippen molar-refractivity contribution in [1.29, 1.82) is 0 Å². The van der Waals surface area contributed by atoms with Gasteiger partial charge in [0.2, 0.25) is 6.79 Å². The average molecular weight is 375 g/mol. The van der Waals surface area contributed by atoms with Crippen LogP contribution >= 0.6 is 0 Å². The number of nitrogens with one attached hydrogen (secondary N) is 1. The van der Waals surface area contributed by atoms with Gasteiger partial charge in [0.25, 0.3) is 0 Å². The van der Waals surface area contributed by atoms with E-state index in [2.05, 4.69) is 48.1 Å². The number of nitrogens with zero attached hydrogens (tertiary/aromatic N) is 2. The number of hydrogen-bond acceptors (Lipinski definition) is 4. The molecular formula is C23H25N3O2. The van der Waals surface area contributed by atoms with Crippen LogP contribution in [0, 0.1) is 13.8 Å². The van der Waals surface area contributed by atoms with E-state index in [0.29, 0.717) is 12.8 Å². The fourth-order valence-electron chi connectivity index (χ4n) is 4.21. The maximum absolute atomic E-state index is 5.64. The number of aryl methyl sites for hydroxylation is 2. The van der Waals surface area contributed by atoms with Crippen LogP contribution in [0.15, 0.2) is 42.6 Å². The minimum Gasteiger partial charge on any atom is -0.454 e. The van der Waals surface area contributed by atoms with Crippen molar-refractivity contribution in [3.63, 3.8) is 0 Å². The molecule has 1 aromatic heterocycles. The molecule has 0 bridgehead atoms. The lowest BCUT2D eigenvalue weighted by Crippen LogP contribution is -2.25. The molecule has 0 fully saturated rings. The van der Waals surface area contributed by atoms with E-state index in [4.69, 9.17) is 14.6 Å². The molecule has 1 aliphatic heterocycles. The highest BCUT2D eigenvalue weighted by Gasteiger charge is 2.25. The molecule has 2 aromatic carbocycles. The zero-order chi connectivity index (χ0) is 19.1. The first-order valence-electron chi connectivity index (χ1n) is 9.96. The summed E-state index contributed by atoms with van der Waals surface area (Å²) in [7, 11) is 0. The van der Waals surface area contributed by atoms with Gasteiger partial charge in [0, 0.05) is 29.4 Å². The second-order valence-corrected chi connectivity index (χ2v) is 7.70. The highest BCUT2D eigenvalue weighted by molar-refractivity contribution is 5.48. The zero-order valence-electron chi connectivity index (χ0n) is 16.4. The Balaban J connectivity index is 1.39. The van der Waals surface area contributed by atoms with Gasteiger partial charge in [-0.05, 0) is 62.4 Å². The molecule has 3 aromatic rings. The standard InChI is InChI=1S/C23H25N3O2/c1-15-9-10-18(11-16(15)2)26-21-7-4-6-20(19(21)13-25-26)24-12-17-5-3-8-22-23(17)28-14-27-22/h3,5,8-11,13,20,24H,4,6-7,12,14H2,1-2H3. The van der Waals surface area contributed by atoms with Gasteiger partial charge in [0.15, 0.2) is 11.5 Å². The molecule has 5 heteroatoms. The lowest BCUT2D eigenvalue weighted by molar-refractivity contribution is 0.173. The summed E-state index contributed by atoms with van der Waals surface area (Å²) < 4.78 is 13.3. The molecule has 0 spiro atoms. The smallest absolute Gasteiger partial charge is 0.231 e. The van der Waals surface area contributed by atoms with Crippen molar-refractivity contribution in [2.24, 2.45) is 0 Å². The average Bonchev–Trinajstić information content (AvgIpc) is 3.36. The number of ether oxygens (including phenoxy) is 2. The third kappa shape index (κ3) is 2.96. The summed E-state index contributed by atoms with van der Waals surface area (Å²) in [6, 6.07) is 13.0. The zero-order valence-corrected chi connectivity index (χ0v) is 16.4. The number of benzene rings is 2. The van der Waals surface area contributed by atoms with Crippen LogP contribution in [0.25, 0.3) is 5.69 Å². The summed E-state index contributed by atoms with van der Waals surface area (Å²) in [5, 5.41) is 8.45.